The molecule has 0 saturated heterocycles. The molecule has 4 rings (SSSR count). The van der Waals surface area contributed by atoms with Crippen LogP contribution in [0.25, 0.3) is 22.0 Å². The molecule has 0 radical (unpaired) electrons. The number of halogens is 3. The zero-order valence-electron chi connectivity index (χ0n) is 14.8. The van der Waals surface area contributed by atoms with Crippen molar-refractivity contribution in [2.24, 2.45) is 5.92 Å². The van der Waals surface area contributed by atoms with E-state index < -0.39 is 11.9 Å². The molecule has 0 bridgehead atoms. The number of benzene rings is 2. The summed E-state index contributed by atoms with van der Waals surface area (Å²) < 4.78 is 46.7. The monoisotopic (exact) mass is 405 g/mol. The van der Waals surface area contributed by atoms with E-state index in [1.165, 1.54) is 24.3 Å². The molecule has 1 saturated carbocycles. The Labute approximate surface area is 161 Å². The van der Waals surface area contributed by atoms with Crippen molar-refractivity contribution in [2.45, 2.75) is 25.9 Å². The third-order valence-electron chi connectivity index (χ3n) is 4.38. The molecule has 2 aromatic carbocycles. The maximum absolute atomic E-state index is 12.6. The van der Waals surface area contributed by atoms with Crippen LogP contribution in [0, 0.1) is 5.92 Å². The summed E-state index contributed by atoms with van der Waals surface area (Å²) in [6.07, 6.45) is -3.20. The van der Waals surface area contributed by atoms with Crippen LogP contribution >= 0.6 is 0 Å². The predicted molar refractivity (Wildman–Crippen MR) is 94.7 cm³/mol. The minimum absolute atomic E-state index is 0.102. The molecule has 0 aliphatic heterocycles. The highest BCUT2D eigenvalue weighted by molar-refractivity contribution is 5.83. The van der Waals surface area contributed by atoms with Gasteiger partial charge < -0.3 is 9.47 Å². The molecule has 10 heteroatoms. The van der Waals surface area contributed by atoms with E-state index in [-0.39, 0.29) is 29.8 Å². The van der Waals surface area contributed by atoms with Gasteiger partial charge in [-0.2, -0.15) is 4.68 Å². The number of hydrogen-bond donors (Lipinski definition) is 0. The van der Waals surface area contributed by atoms with E-state index in [2.05, 4.69) is 15.0 Å². The van der Waals surface area contributed by atoms with Gasteiger partial charge in [0, 0.05) is 0 Å². The van der Waals surface area contributed by atoms with E-state index in [4.69, 9.17) is 4.74 Å². The van der Waals surface area contributed by atoms with Crippen molar-refractivity contribution in [1.29, 1.82) is 0 Å². The second kappa shape index (κ2) is 7.19. The largest absolute Gasteiger partial charge is 0.573 e. The van der Waals surface area contributed by atoms with E-state index >= 15 is 0 Å². The second-order valence-corrected chi connectivity index (χ2v) is 6.56. The SMILES string of the molecule is O=C(OCn1nnc2ccc(-c3ccc(OC(F)(F)F)cc3)cc2c1=O)C1CC1. The summed E-state index contributed by atoms with van der Waals surface area (Å²) in [5.74, 6) is -0.809. The fourth-order valence-electron chi connectivity index (χ4n) is 2.75. The van der Waals surface area contributed by atoms with Gasteiger partial charge in [0.15, 0.2) is 6.73 Å². The predicted octanol–water partition coefficient (Wildman–Crippen LogP) is 3.27. The number of alkyl halides is 3. The number of nitrogens with zero attached hydrogens (tertiary/aromatic N) is 3. The highest BCUT2D eigenvalue weighted by Crippen LogP contribution is 2.30. The Morgan fingerprint density at radius 1 is 1.10 bits per heavy atom. The normalized spacial score (nSPS) is 14.0. The van der Waals surface area contributed by atoms with Gasteiger partial charge in [0.05, 0.1) is 11.3 Å². The molecule has 0 atom stereocenters. The van der Waals surface area contributed by atoms with E-state index in [1.54, 1.807) is 18.2 Å². The Bertz CT molecular complexity index is 1120. The van der Waals surface area contributed by atoms with Gasteiger partial charge in [-0.05, 0) is 48.2 Å². The maximum atomic E-state index is 12.6. The number of carbonyl (C=O) groups excluding carboxylic acids is 1. The number of fused-ring (bicyclic) bond motifs is 1. The van der Waals surface area contributed by atoms with Gasteiger partial charge in [0.1, 0.15) is 11.3 Å². The first-order chi connectivity index (χ1) is 13.8. The molecule has 3 aromatic rings. The minimum atomic E-state index is -4.77. The third-order valence-corrected chi connectivity index (χ3v) is 4.38. The summed E-state index contributed by atoms with van der Waals surface area (Å²) in [6.45, 7) is -0.329. The molecule has 0 unspecified atom stereocenters. The van der Waals surface area contributed by atoms with E-state index in [9.17, 15) is 22.8 Å². The van der Waals surface area contributed by atoms with Crippen LogP contribution in [0.5, 0.6) is 5.75 Å². The zero-order valence-corrected chi connectivity index (χ0v) is 14.8. The van der Waals surface area contributed by atoms with Gasteiger partial charge in [-0.3, -0.25) is 9.59 Å². The Hall–Kier alpha value is -3.43. The molecule has 1 aliphatic rings. The van der Waals surface area contributed by atoms with E-state index in [0.29, 0.717) is 16.6 Å². The van der Waals surface area contributed by atoms with Crippen LogP contribution in [-0.4, -0.2) is 27.3 Å². The van der Waals surface area contributed by atoms with E-state index in [0.717, 1.165) is 17.5 Å². The fraction of sp³-hybridized carbons (Fsp3) is 0.263. The summed E-state index contributed by atoms with van der Waals surface area (Å²) in [6, 6.07) is 10.1. The minimum Gasteiger partial charge on any atom is -0.442 e. The lowest BCUT2D eigenvalue weighted by Crippen LogP contribution is -2.26. The van der Waals surface area contributed by atoms with Gasteiger partial charge in [-0.1, -0.05) is 23.4 Å². The van der Waals surface area contributed by atoms with Crippen LogP contribution in [0.2, 0.25) is 0 Å². The Morgan fingerprint density at radius 2 is 1.79 bits per heavy atom. The van der Waals surface area contributed by atoms with Crippen LogP contribution in [0.1, 0.15) is 12.8 Å². The molecule has 150 valence electrons. The molecular weight excluding hydrogens is 391 g/mol. The quantitative estimate of drug-likeness (QED) is 0.606. The van der Waals surface area contributed by atoms with E-state index in [1.807, 2.05) is 0 Å². The van der Waals surface area contributed by atoms with Gasteiger partial charge in [-0.25, -0.2) is 0 Å². The van der Waals surface area contributed by atoms with Crippen molar-refractivity contribution in [3.8, 4) is 16.9 Å². The van der Waals surface area contributed by atoms with Gasteiger partial charge in [0.25, 0.3) is 5.56 Å². The average Bonchev–Trinajstić information content (AvgIpc) is 3.52. The number of carbonyl (C=O) groups is 1. The molecule has 7 nitrogen and oxygen atoms in total. The summed E-state index contributed by atoms with van der Waals surface area (Å²) in [5.41, 5.74) is 1.05. The number of rotatable bonds is 5. The van der Waals surface area contributed by atoms with Gasteiger partial charge in [0.2, 0.25) is 0 Å². The maximum Gasteiger partial charge on any atom is 0.573 e. The fourth-order valence-corrected chi connectivity index (χ4v) is 2.75. The molecular formula is C19H14F3N3O4. The standard InChI is InChI=1S/C19H14F3N3O4/c20-19(21,22)29-14-6-3-11(4-7-14)13-5-8-16-15(9-13)17(26)25(24-23-16)10-28-18(27)12-1-2-12/h3-9,12H,1-2,10H2. The van der Waals surface area contributed by atoms with Crippen LogP contribution in [0.3, 0.4) is 0 Å². The third kappa shape index (κ3) is 4.36. The molecule has 0 spiro atoms. The van der Waals surface area contributed by atoms with Gasteiger partial charge >= 0.3 is 12.3 Å². The molecule has 29 heavy (non-hydrogen) atoms. The van der Waals surface area contributed by atoms with Crippen molar-refractivity contribution in [1.82, 2.24) is 15.0 Å². The van der Waals surface area contributed by atoms with Crippen molar-refractivity contribution in [3.63, 3.8) is 0 Å². The zero-order chi connectivity index (χ0) is 20.6. The molecule has 1 aliphatic carbocycles. The Morgan fingerprint density at radius 3 is 2.45 bits per heavy atom. The van der Waals surface area contributed by atoms with Crippen LogP contribution in [0.4, 0.5) is 13.2 Å². The summed E-state index contributed by atoms with van der Waals surface area (Å²) in [5, 5.41) is 7.95. The van der Waals surface area contributed by atoms with Gasteiger partial charge in [-0.15, -0.1) is 18.3 Å². The Balaban J connectivity index is 1.60. The topological polar surface area (TPSA) is 83.3 Å². The first-order valence-corrected chi connectivity index (χ1v) is 8.70. The summed E-state index contributed by atoms with van der Waals surface area (Å²) in [4.78, 5) is 24.3. The molecule has 1 aromatic heterocycles. The lowest BCUT2D eigenvalue weighted by molar-refractivity contribution is -0.274. The average molecular weight is 405 g/mol. The smallest absolute Gasteiger partial charge is 0.442 e. The molecule has 1 heterocycles. The molecule has 0 amide bonds. The van der Waals surface area contributed by atoms with Crippen molar-refractivity contribution < 1.29 is 27.4 Å². The first kappa shape index (κ1) is 18.9. The van der Waals surface area contributed by atoms with Crippen molar-refractivity contribution in [3.05, 3.63) is 52.8 Å². The highest BCUT2D eigenvalue weighted by Gasteiger charge is 2.31. The van der Waals surface area contributed by atoms with Crippen LogP contribution in [-0.2, 0) is 16.3 Å². The summed E-state index contributed by atoms with van der Waals surface area (Å²) >= 11 is 0. The number of esters is 1. The number of aromatic nitrogens is 3. The van der Waals surface area contributed by atoms with Crippen LogP contribution in [0.15, 0.2) is 47.3 Å². The molecule has 0 N–H and O–H groups in total. The van der Waals surface area contributed by atoms with Crippen molar-refractivity contribution in [2.75, 3.05) is 0 Å². The number of hydrogen-bond acceptors (Lipinski definition) is 6. The Kier molecular flexibility index (Phi) is 4.69. The van der Waals surface area contributed by atoms with Crippen molar-refractivity contribution >= 4 is 16.9 Å². The summed E-state index contributed by atoms with van der Waals surface area (Å²) in [7, 11) is 0. The molecule has 1 fully saturated rings. The number of ether oxygens (including phenoxy) is 2. The second-order valence-electron chi connectivity index (χ2n) is 6.56. The highest BCUT2D eigenvalue weighted by atomic mass is 19.4. The lowest BCUT2D eigenvalue weighted by Gasteiger charge is -2.10. The lowest BCUT2D eigenvalue weighted by atomic mass is 10.0. The first-order valence-electron chi connectivity index (χ1n) is 8.70. The van der Waals surface area contributed by atoms with Crippen LogP contribution < -0.4 is 10.3 Å².